The largest absolute Gasteiger partial charge is 0.391 e. The summed E-state index contributed by atoms with van der Waals surface area (Å²) in [4.78, 5) is 15.3. The van der Waals surface area contributed by atoms with E-state index in [9.17, 15) is 15.0 Å². The quantitative estimate of drug-likeness (QED) is 0.424. The van der Waals surface area contributed by atoms with Crippen molar-refractivity contribution >= 4 is 5.82 Å². The Morgan fingerprint density at radius 2 is 2.35 bits per heavy atom. The Kier molecular flexibility index (Phi) is 3.49. The van der Waals surface area contributed by atoms with E-state index in [1.807, 2.05) is 0 Å². The van der Waals surface area contributed by atoms with Crippen LogP contribution >= 0.6 is 0 Å². The average Bonchev–Trinajstić information content (AvgIpc) is 2.64. The Labute approximate surface area is 114 Å². The molecule has 0 aliphatic carbocycles. The van der Waals surface area contributed by atoms with Crippen molar-refractivity contribution in [3.63, 3.8) is 0 Å². The van der Waals surface area contributed by atoms with Crippen LogP contribution in [0.1, 0.15) is 13.2 Å². The van der Waals surface area contributed by atoms with Crippen LogP contribution in [0.5, 0.6) is 0 Å². The van der Waals surface area contributed by atoms with E-state index >= 15 is 0 Å². The zero-order valence-electron chi connectivity index (χ0n) is 10.7. The first-order valence-corrected chi connectivity index (χ1v) is 5.81. The summed E-state index contributed by atoms with van der Waals surface area (Å²) in [5.41, 5.74) is 8.73. The first-order chi connectivity index (χ1) is 9.31. The molecule has 0 spiro atoms. The van der Waals surface area contributed by atoms with Gasteiger partial charge in [0.25, 0.3) is 0 Å². The molecule has 0 amide bonds. The fourth-order valence-electron chi connectivity index (χ4n) is 2.07. The highest BCUT2D eigenvalue weighted by molar-refractivity contribution is 5.24. The van der Waals surface area contributed by atoms with Crippen LogP contribution < -0.4 is 17.2 Å². The van der Waals surface area contributed by atoms with E-state index in [2.05, 4.69) is 16.0 Å². The predicted octanol–water partition coefficient (Wildman–Crippen LogP) is -2.81. The standard InChI is InChI=1S/C11H15N5O4/c1-3-11(13)8(18)7(5(2)17)20-9(11)16-10(19)15-6(12)4-14-16/h1,4-5,7-9,17-18H,13H2,2H3,(H2,12,15,19)/t5-,7+,8?,9+,11+/m0/s1. The molecule has 1 saturated heterocycles. The van der Waals surface area contributed by atoms with Crippen LogP contribution in [0.2, 0.25) is 0 Å². The van der Waals surface area contributed by atoms with E-state index < -0.39 is 35.8 Å². The zero-order chi connectivity index (χ0) is 15.1. The molecule has 1 fully saturated rings. The van der Waals surface area contributed by atoms with Crippen molar-refractivity contribution in [2.45, 2.75) is 37.0 Å². The zero-order valence-corrected chi connectivity index (χ0v) is 10.7. The SMILES string of the molecule is C#C[C@@]1(N)C(O)[C@@H]([C@H](C)O)O[C@H]1n1ncc(N)nc1=O. The molecule has 0 saturated carbocycles. The number of ether oxygens (including phenoxy) is 1. The number of anilines is 1. The van der Waals surface area contributed by atoms with Crippen molar-refractivity contribution < 1.29 is 14.9 Å². The molecule has 9 heteroatoms. The normalized spacial score (nSPS) is 34.6. The number of aromatic nitrogens is 3. The van der Waals surface area contributed by atoms with Crippen LogP contribution in [0.3, 0.4) is 0 Å². The van der Waals surface area contributed by atoms with Crippen LogP contribution in [0, 0.1) is 12.3 Å². The van der Waals surface area contributed by atoms with Gasteiger partial charge >= 0.3 is 5.69 Å². The summed E-state index contributed by atoms with van der Waals surface area (Å²) in [5.74, 6) is 2.13. The van der Waals surface area contributed by atoms with E-state index in [1.165, 1.54) is 6.92 Å². The molecule has 2 rings (SSSR count). The molecular formula is C11H15N5O4. The number of hydrogen-bond acceptors (Lipinski definition) is 8. The molecule has 0 radical (unpaired) electrons. The van der Waals surface area contributed by atoms with Gasteiger partial charge in [0.2, 0.25) is 0 Å². The Morgan fingerprint density at radius 1 is 1.70 bits per heavy atom. The van der Waals surface area contributed by atoms with Crippen molar-refractivity contribution in [1.82, 2.24) is 14.8 Å². The molecule has 0 aromatic carbocycles. The number of aliphatic hydroxyl groups is 2. The van der Waals surface area contributed by atoms with Crippen LogP contribution in [0.25, 0.3) is 0 Å². The van der Waals surface area contributed by atoms with Crippen molar-refractivity contribution in [2.24, 2.45) is 5.73 Å². The van der Waals surface area contributed by atoms with Gasteiger partial charge in [0.05, 0.1) is 12.3 Å². The van der Waals surface area contributed by atoms with Gasteiger partial charge in [-0.25, -0.2) is 4.79 Å². The number of aliphatic hydroxyl groups excluding tert-OH is 2. The Hall–Kier alpha value is -1.99. The third-order valence-corrected chi connectivity index (χ3v) is 3.18. The van der Waals surface area contributed by atoms with Gasteiger partial charge in [-0.2, -0.15) is 14.8 Å². The second-order valence-corrected chi connectivity index (χ2v) is 4.62. The molecule has 1 aliphatic heterocycles. The fourth-order valence-corrected chi connectivity index (χ4v) is 2.07. The van der Waals surface area contributed by atoms with Gasteiger partial charge < -0.3 is 26.4 Å². The van der Waals surface area contributed by atoms with E-state index in [-0.39, 0.29) is 5.82 Å². The maximum atomic E-state index is 11.8. The summed E-state index contributed by atoms with van der Waals surface area (Å²) in [6.07, 6.45) is 1.75. The lowest BCUT2D eigenvalue weighted by atomic mass is 9.90. The van der Waals surface area contributed by atoms with Gasteiger partial charge in [0, 0.05) is 0 Å². The van der Waals surface area contributed by atoms with Crippen LogP contribution in [-0.2, 0) is 4.74 Å². The van der Waals surface area contributed by atoms with Gasteiger partial charge in [-0.05, 0) is 6.92 Å². The van der Waals surface area contributed by atoms with E-state index in [0.29, 0.717) is 0 Å². The second kappa shape index (κ2) is 4.84. The lowest BCUT2D eigenvalue weighted by Crippen LogP contribution is -2.55. The number of nitrogens with zero attached hydrogens (tertiary/aromatic N) is 3. The molecule has 108 valence electrons. The summed E-state index contributed by atoms with van der Waals surface area (Å²) in [6.45, 7) is 1.41. The van der Waals surface area contributed by atoms with Gasteiger partial charge in [-0.3, -0.25) is 0 Å². The van der Waals surface area contributed by atoms with E-state index in [0.717, 1.165) is 10.9 Å². The van der Waals surface area contributed by atoms with Crippen LogP contribution in [0.4, 0.5) is 5.82 Å². The Balaban J connectivity index is 2.50. The van der Waals surface area contributed by atoms with E-state index in [1.54, 1.807) is 0 Å². The van der Waals surface area contributed by atoms with Gasteiger partial charge in [-0.1, -0.05) is 5.92 Å². The van der Waals surface area contributed by atoms with Crippen LogP contribution in [0.15, 0.2) is 11.0 Å². The minimum absolute atomic E-state index is 0.0693. The Morgan fingerprint density at radius 3 is 2.85 bits per heavy atom. The lowest BCUT2D eigenvalue weighted by Gasteiger charge is -2.26. The molecule has 6 N–H and O–H groups in total. The summed E-state index contributed by atoms with van der Waals surface area (Å²) in [6, 6.07) is 0. The highest BCUT2D eigenvalue weighted by Gasteiger charge is 2.56. The van der Waals surface area contributed by atoms with Gasteiger partial charge in [-0.15, -0.1) is 6.42 Å². The lowest BCUT2D eigenvalue weighted by molar-refractivity contribution is -0.0816. The van der Waals surface area contributed by atoms with Crippen molar-refractivity contribution in [3.8, 4) is 12.3 Å². The molecule has 5 atom stereocenters. The monoisotopic (exact) mass is 281 g/mol. The van der Waals surface area contributed by atoms with Crippen LogP contribution in [-0.4, -0.2) is 48.8 Å². The molecule has 0 bridgehead atoms. The smallest absolute Gasteiger partial charge is 0.368 e. The van der Waals surface area contributed by atoms with Gasteiger partial charge in [0.1, 0.15) is 18.0 Å². The van der Waals surface area contributed by atoms with Crippen molar-refractivity contribution in [2.75, 3.05) is 5.73 Å². The number of nitrogens with two attached hydrogens (primary N) is 2. The second-order valence-electron chi connectivity index (χ2n) is 4.62. The first-order valence-electron chi connectivity index (χ1n) is 5.81. The van der Waals surface area contributed by atoms with Crippen molar-refractivity contribution in [3.05, 3.63) is 16.7 Å². The fraction of sp³-hybridized carbons (Fsp3) is 0.545. The summed E-state index contributed by atoms with van der Waals surface area (Å²) in [7, 11) is 0. The molecule has 2 heterocycles. The number of rotatable bonds is 2. The highest BCUT2D eigenvalue weighted by atomic mass is 16.6. The van der Waals surface area contributed by atoms with Crippen molar-refractivity contribution in [1.29, 1.82) is 0 Å². The van der Waals surface area contributed by atoms with Gasteiger partial charge in [0.15, 0.2) is 11.8 Å². The van der Waals surface area contributed by atoms with E-state index in [4.69, 9.17) is 22.6 Å². The number of hydrogen-bond donors (Lipinski definition) is 4. The molecule has 1 aliphatic rings. The predicted molar refractivity (Wildman–Crippen MR) is 68.1 cm³/mol. The Bertz CT molecular complexity index is 610. The topological polar surface area (TPSA) is 150 Å². The first kappa shape index (κ1) is 14.4. The molecule has 20 heavy (non-hydrogen) atoms. The maximum absolute atomic E-state index is 11.8. The summed E-state index contributed by atoms with van der Waals surface area (Å²) >= 11 is 0. The number of nitrogen functional groups attached to an aromatic ring is 1. The summed E-state index contributed by atoms with van der Waals surface area (Å²) < 4.78 is 6.19. The minimum Gasteiger partial charge on any atom is -0.391 e. The third-order valence-electron chi connectivity index (χ3n) is 3.18. The summed E-state index contributed by atoms with van der Waals surface area (Å²) in [5, 5.41) is 23.4. The third kappa shape index (κ3) is 2.04. The highest BCUT2D eigenvalue weighted by Crippen LogP contribution is 2.36. The average molecular weight is 281 g/mol. The molecular weight excluding hydrogens is 266 g/mol. The minimum atomic E-state index is -1.73. The molecule has 1 aromatic heterocycles. The maximum Gasteiger partial charge on any atom is 0.368 e. The molecule has 9 nitrogen and oxygen atoms in total. The molecule has 1 aromatic rings. The number of terminal acetylenes is 1. The molecule has 1 unspecified atom stereocenters.